The smallest absolute Gasteiger partial charge is 0.0361 e. The van der Waals surface area contributed by atoms with E-state index in [9.17, 15) is 0 Å². The Balaban J connectivity index is 1.35. The molecule has 0 aliphatic carbocycles. The highest BCUT2D eigenvalue weighted by Gasteiger charge is 2.18. The van der Waals surface area contributed by atoms with Crippen LogP contribution in [0.25, 0.3) is 11.6 Å². The van der Waals surface area contributed by atoms with Crippen molar-refractivity contribution in [2.24, 2.45) is 0 Å². The van der Waals surface area contributed by atoms with Crippen LogP contribution >= 0.6 is 0 Å². The van der Waals surface area contributed by atoms with E-state index in [1.807, 2.05) is 0 Å². The SMILES string of the molecule is CN(C)c1ccc(C=CCCN2CCC(=C(c3ccccc3)c3ccccc3)CC2)cc1. The molecule has 0 aromatic heterocycles. The van der Waals surface area contributed by atoms with E-state index < -0.39 is 0 Å². The van der Waals surface area contributed by atoms with E-state index in [0.717, 1.165) is 38.9 Å². The van der Waals surface area contributed by atoms with Gasteiger partial charge in [0.1, 0.15) is 0 Å². The van der Waals surface area contributed by atoms with E-state index in [4.69, 9.17) is 0 Å². The van der Waals surface area contributed by atoms with Crippen molar-refractivity contribution in [2.45, 2.75) is 19.3 Å². The van der Waals surface area contributed by atoms with Gasteiger partial charge in [-0.3, -0.25) is 0 Å². The van der Waals surface area contributed by atoms with E-state index >= 15 is 0 Å². The second-order valence-corrected chi connectivity index (χ2v) is 8.73. The standard InChI is InChI=1S/C30H34N2/c1-31(2)29-18-16-25(17-19-29)11-9-10-22-32-23-20-28(21-24-32)30(26-12-5-3-6-13-26)27-14-7-4-8-15-27/h3-9,11-19H,10,20-24H2,1-2H3. The Morgan fingerprint density at radius 3 is 1.88 bits per heavy atom. The monoisotopic (exact) mass is 422 g/mol. The van der Waals surface area contributed by atoms with Gasteiger partial charge in [0.05, 0.1) is 0 Å². The van der Waals surface area contributed by atoms with Gasteiger partial charge in [-0.15, -0.1) is 0 Å². The number of hydrogen-bond acceptors (Lipinski definition) is 2. The molecule has 3 aromatic carbocycles. The lowest BCUT2D eigenvalue weighted by molar-refractivity contribution is 0.262. The molecule has 2 nitrogen and oxygen atoms in total. The van der Waals surface area contributed by atoms with Gasteiger partial charge in [0.15, 0.2) is 0 Å². The first-order chi connectivity index (χ1) is 15.7. The Labute approximate surface area is 193 Å². The van der Waals surface area contributed by atoms with Gasteiger partial charge < -0.3 is 9.80 Å². The largest absolute Gasteiger partial charge is 0.378 e. The van der Waals surface area contributed by atoms with Gasteiger partial charge in [-0.1, -0.05) is 90.5 Å². The third-order valence-corrected chi connectivity index (χ3v) is 6.27. The molecule has 0 N–H and O–H groups in total. The lowest BCUT2D eigenvalue weighted by atomic mass is 9.88. The molecule has 1 heterocycles. The Hall–Kier alpha value is -3.10. The van der Waals surface area contributed by atoms with Crippen molar-refractivity contribution < 1.29 is 0 Å². The maximum atomic E-state index is 2.61. The first-order valence-corrected chi connectivity index (χ1v) is 11.7. The number of piperidine rings is 1. The maximum Gasteiger partial charge on any atom is 0.0361 e. The van der Waals surface area contributed by atoms with E-state index in [1.165, 1.54) is 28.0 Å². The third kappa shape index (κ3) is 5.77. The first kappa shape index (κ1) is 22.1. The summed E-state index contributed by atoms with van der Waals surface area (Å²) >= 11 is 0. The van der Waals surface area contributed by atoms with Gasteiger partial charge >= 0.3 is 0 Å². The fourth-order valence-corrected chi connectivity index (χ4v) is 4.44. The van der Waals surface area contributed by atoms with Crippen LogP contribution in [-0.4, -0.2) is 38.6 Å². The normalized spacial score (nSPS) is 14.6. The summed E-state index contributed by atoms with van der Waals surface area (Å²) in [5.41, 5.74) is 8.22. The summed E-state index contributed by atoms with van der Waals surface area (Å²) in [7, 11) is 4.15. The van der Waals surface area contributed by atoms with Crippen LogP contribution in [0.5, 0.6) is 0 Å². The lowest BCUT2D eigenvalue weighted by Gasteiger charge is -2.30. The summed E-state index contributed by atoms with van der Waals surface area (Å²) in [6, 6.07) is 30.5. The van der Waals surface area contributed by atoms with Gasteiger partial charge in [0.25, 0.3) is 0 Å². The number of anilines is 1. The van der Waals surface area contributed by atoms with Crippen molar-refractivity contribution in [3.63, 3.8) is 0 Å². The molecule has 4 rings (SSSR count). The lowest BCUT2D eigenvalue weighted by Crippen LogP contribution is -2.31. The van der Waals surface area contributed by atoms with Crippen molar-refractivity contribution in [1.82, 2.24) is 4.90 Å². The van der Waals surface area contributed by atoms with Crippen molar-refractivity contribution >= 4 is 17.3 Å². The van der Waals surface area contributed by atoms with Crippen LogP contribution in [0.2, 0.25) is 0 Å². The molecule has 3 aromatic rings. The Morgan fingerprint density at radius 2 is 1.34 bits per heavy atom. The van der Waals surface area contributed by atoms with Crippen LogP contribution in [0.3, 0.4) is 0 Å². The Bertz CT molecular complexity index is 980. The molecular formula is C30H34N2. The summed E-state index contributed by atoms with van der Waals surface area (Å²) in [5.74, 6) is 0. The van der Waals surface area contributed by atoms with Crippen LogP contribution in [0.1, 0.15) is 36.0 Å². The molecule has 0 saturated carbocycles. The summed E-state index contributed by atoms with van der Waals surface area (Å²) in [6.45, 7) is 3.42. The molecule has 1 aliphatic rings. The van der Waals surface area contributed by atoms with Crippen molar-refractivity contribution in [1.29, 1.82) is 0 Å². The number of hydrogen-bond donors (Lipinski definition) is 0. The van der Waals surface area contributed by atoms with Crippen molar-refractivity contribution in [2.75, 3.05) is 38.6 Å². The molecule has 164 valence electrons. The first-order valence-electron chi connectivity index (χ1n) is 11.7. The zero-order chi connectivity index (χ0) is 22.2. The second-order valence-electron chi connectivity index (χ2n) is 8.73. The highest BCUT2D eigenvalue weighted by Crippen LogP contribution is 2.32. The van der Waals surface area contributed by atoms with E-state index in [0.29, 0.717) is 0 Å². The van der Waals surface area contributed by atoms with Crippen LogP contribution in [0, 0.1) is 0 Å². The number of rotatable bonds is 7. The fourth-order valence-electron chi connectivity index (χ4n) is 4.44. The average Bonchev–Trinajstić information content (AvgIpc) is 2.84. The average molecular weight is 423 g/mol. The van der Waals surface area contributed by atoms with Gasteiger partial charge in [0, 0.05) is 39.4 Å². The number of benzene rings is 3. The zero-order valence-electron chi connectivity index (χ0n) is 19.4. The van der Waals surface area contributed by atoms with Gasteiger partial charge in [-0.2, -0.15) is 0 Å². The highest BCUT2D eigenvalue weighted by molar-refractivity contribution is 5.82. The minimum absolute atomic E-state index is 1.10. The molecular weight excluding hydrogens is 388 g/mol. The van der Waals surface area contributed by atoms with Crippen molar-refractivity contribution in [3.05, 3.63) is 113 Å². The summed E-state index contributed by atoms with van der Waals surface area (Å²) in [5, 5.41) is 0. The van der Waals surface area contributed by atoms with Crippen molar-refractivity contribution in [3.8, 4) is 0 Å². The molecule has 1 aliphatic heterocycles. The Kier molecular flexibility index (Phi) is 7.58. The van der Waals surface area contributed by atoms with Crippen LogP contribution < -0.4 is 4.90 Å². The van der Waals surface area contributed by atoms with E-state index in [1.54, 1.807) is 5.57 Å². The van der Waals surface area contributed by atoms with Gasteiger partial charge in [0.2, 0.25) is 0 Å². The van der Waals surface area contributed by atoms with Crippen LogP contribution in [-0.2, 0) is 0 Å². The summed E-state index contributed by atoms with van der Waals surface area (Å²) < 4.78 is 0. The Morgan fingerprint density at radius 1 is 0.781 bits per heavy atom. The fraction of sp³-hybridized carbons (Fsp3) is 0.267. The van der Waals surface area contributed by atoms with Crippen LogP contribution in [0.15, 0.2) is 96.6 Å². The van der Waals surface area contributed by atoms with E-state index in [2.05, 4.69) is 121 Å². The number of nitrogens with zero attached hydrogens (tertiary/aromatic N) is 2. The maximum absolute atomic E-state index is 2.61. The summed E-state index contributed by atoms with van der Waals surface area (Å²) in [4.78, 5) is 4.74. The van der Waals surface area contributed by atoms with Crippen LogP contribution in [0.4, 0.5) is 5.69 Å². The second kappa shape index (κ2) is 11.0. The predicted octanol–water partition coefficient (Wildman–Crippen LogP) is 6.75. The third-order valence-electron chi connectivity index (χ3n) is 6.27. The zero-order valence-corrected chi connectivity index (χ0v) is 19.4. The molecule has 0 bridgehead atoms. The summed E-state index contributed by atoms with van der Waals surface area (Å²) in [6.07, 6.45) is 7.95. The predicted molar refractivity (Wildman–Crippen MR) is 139 cm³/mol. The van der Waals surface area contributed by atoms with E-state index in [-0.39, 0.29) is 0 Å². The molecule has 1 saturated heterocycles. The molecule has 0 radical (unpaired) electrons. The highest BCUT2D eigenvalue weighted by atomic mass is 15.1. The molecule has 0 unspecified atom stereocenters. The molecule has 1 fully saturated rings. The molecule has 2 heteroatoms. The quantitative estimate of drug-likeness (QED) is 0.415. The van der Waals surface area contributed by atoms with Gasteiger partial charge in [-0.25, -0.2) is 0 Å². The topological polar surface area (TPSA) is 6.48 Å². The molecule has 0 atom stereocenters. The molecule has 0 amide bonds. The minimum Gasteiger partial charge on any atom is -0.378 e. The minimum atomic E-state index is 1.10. The molecule has 32 heavy (non-hydrogen) atoms. The number of likely N-dealkylation sites (tertiary alicyclic amines) is 1. The molecule has 0 spiro atoms. The van der Waals surface area contributed by atoms with Gasteiger partial charge in [-0.05, 0) is 53.7 Å².